The van der Waals surface area contributed by atoms with Crippen LogP contribution in [0.5, 0.6) is 28.7 Å². The quantitative estimate of drug-likeness (QED) is 0.00653. The van der Waals surface area contributed by atoms with Gasteiger partial charge in [-0.2, -0.15) is 0 Å². The molecule has 0 aliphatic carbocycles. The summed E-state index contributed by atoms with van der Waals surface area (Å²) in [5, 5.41) is 0. The summed E-state index contributed by atoms with van der Waals surface area (Å²) in [7, 11) is 1.55. The summed E-state index contributed by atoms with van der Waals surface area (Å²) in [6.45, 7) is 23.5. The molecule has 0 spiro atoms. The van der Waals surface area contributed by atoms with Gasteiger partial charge in [0.15, 0.2) is 11.5 Å². The van der Waals surface area contributed by atoms with Gasteiger partial charge >= 0.3 is 47.8 Å². The van der Waals surface area contributed by atoms with Gasteiger partial charge in [-0.25, -0.2) is 38.4 Å². The Morgan fingerprint density at radius 3 is 0.873 bits per heavy atom. The van der Waals surface area contributed by atoms with E-state index in [0.717, 1.165) is 158 Å². The van der Waals surface area contributed by atoms with Crippen LogP contribution in [0.1, 0.15) is 166 Å². The van der Waals surface area contributed by atoms with E-state index in [1.54, 1.807) is 67.9 Å². The number of unbranched alkanes of at least 4 members (excludes halogenated alkanes) is 9. The van der Waals surface area contributed by atoms with Crippen molar-refractivity contribution >= 4 is 102 Å². The van der Waals surface area contributed by atoms with Gasteiger partial charge in [0.1, 0.15) is 36.1 Å². The molecule has 0 bridgehead atoms. The smallest absolute Gasteiger partial charge is 0.336 e. The summed E-state index contributed by atoms with van der Waals surface area (Å²) < 4.78 is 64.8. The number of hydrogen-bond donors (Lipinski definition) is 0. The average molecular weight is 2020 g/mol. The first-order chi connectivity index (χ1) is 73.2. The maximum atomic E-state index is 12.0. The summed E-state index contributed by atoms with van der Waals surface area (Å²) in [6.07, 6.45) is 50.2. The van der Waals surface area contributed by atoms with Gasteiger partial charge in [0.2, 0.25) is 0 Å². The zero-order valence-electron chi connectivity index (χ0n) is 86.5. The normalized spacial score (nSPS) is 11.1. The lowest BCUT2D eigenvalue weighted by Crippen LogP contribution is -2.28. The number of rotatable bonds is 55. The molecule has 0 aliphatic heterocycles. The lowest BCUT2D eigenvalue weighted by atomic mass is 9.99. The number of allylic oxidation sites excluding steroid dienone is 3. The number of ether oxygens (including phenoxy) is 12. The van der Waals surface area contributed by atoms with Crippen molar-refractivity contribution in [1.82, 2.24) is 0 Å². The van der Waals surface area contributed by atoms with E-state index in [-0.39, 0.29) is 49.0 Å². The Kier molecular flexibility index (Phi) is 63.3. The number of carbonyl (C=O) groups is 8. The highest BCUT2D eigenvalue weighted by Gasteiger charge is 2.24. The molecule has 0 radical (unpaired) electrons. The second kappa shape index (κ2) is 78.2. The first-order valence-corrected chi connectivity index (χ1v) is 50.1. The molecule has 0 aromatic heterocycles. The second-order valence-electron chi connectivity index (χ2n) is 33.5. The molecule has 150 heavy (non-hydrogen) atoms. The van der Waals surface area contributed by atoms with Crippen molar-refractivity contribution in [3.63, 3.8) is 0 Å². The third kappa shape index (κ3) is 60.5. The van der Waals surface area contributed by atoms with Crippen LogP contribution in [0.3, 0.4) is 0 Å². The van der Waals surface area contributed by atoms with Crippen molar-refractivity contribution in [3.05, 3.63) is 482 Å². The highest BCUT2D eigenvalue weighted by molar-refractivity contribution is 5.92. The van der Waals surface area contributed by atoms with Gasteiger partial charge in [0.25, 0.3) is 0 Å². The highest BCUT2D eigenvalue weighted by Crippen LogP contribution is 2.31. The zero-order chi connectivity index (χ0) is 107. The standard InChI is InChI=1S/C51H60O9.C19H18O3.C19H24O2.C18H16O2.C12H12O2.C11H10O2/c52-49(31-28-43-22-10-7-11-23-43)58-37-19-4-1-16-34-55-46-40-47(56-35-17-2-5-20-38-59-50(53)32-29-44-24-12-8-13-25-44)42-48(41-46)57-36-18-3-6-21-39-60-51(54)33-30-45-26-14-9-15-27-45;1-3-7-16-10-12-17(18(14-16)21-2)22-19(20)13-11-15-8-5-4-6-9-15;1-5-19(4,15-9-10-16(2)3)21-18(20)14-13-17-11-7-6-8-12-17;19-18(14-13-17-10-5-2-6-11-17)20-15-7-12-16-8-3-1-4-9-16;1-2-10-14-12(13)9-8-11-6-4-3-5-7-11;1-2-13-11(12)9-8-10-6-4-3-5-7-10/h7-15,22-33,40-42H,1-6,16-21,34-39H2;3-6,8-14H,1,7H2,2H3;5-8,10-14H,1,9,15H2,2-4H3;1-14H,15H2;2-9H,1,10H2;2-9H,1H2/b31-28+,32-29+,33-30+;13-11+;14-13+;12-7?,14-13+;2*9-8+. The Bertz CT molecular complexity index is 5830. The lowest BCUT2D eigenvalue weighted by Gasteiger charge is -2.25. The second-order valence-corrected chi connectivity index (χ2v) is 33.5. The molecule has 11 aromatic rings. The van der Waals surface area contributed by atoms with E-state index >= 15 is 0 Å². The molecule has 0 saturated carbocycles. The predicted molar refractivity (Wildman–Crippen MR) is 605 cm³/mol. The highest BCUT2D eigenvalue weighted by atomic mass is 16.6. The van der Waals surface area contributed by atoms with Crippen LogP contribution in [0, 0.1) is 0 Å². The SMILES string of the molecule is C=CC(C)(CCC=C(C)C)OC(=O)/C=C/c1ccccc1.C=CCOC(=O)/C=C/c1ccccc1.C=CCc1ccc(OC(=O)/C=C/c2ccccc2)c(OC)c1.C=COC(=O)/C=C/c1ccccc1.O=C(/C=C/c1ccccc1)OCC=Cc1ccccc1.O=C(/C=C/c1ccccc1)OCCCCCCOc1cc(OCCCCCCOC(=O)/C=C/c2ccccc2)cc(OCCCCCCOC(=O)/C=C/c2ccccc2)c1. The van der Waals surface area contributed by atoms with Gasteiger partial charge in [-0.15, -0.1) is 6.58 Å². The van der Waals surface area contributed by atoms with Crippen molar-refractivity contribution < 1.29 is 95.2 Å². The summed E-state index contributed by atoms with van der Waals surface area (Å²) in [5.41, 5.74) is 10.5. The molecule has 11 aromatic carbocycles. The number of carbonyl (C=O) groups excluding carboxylic acids is 8. The monoisotopic (exact) mass is 2020 g/mol. The van der Waals surface area contributed by atoms with Crippen LogP contribution < -0.4 is 23.7 Å². The molecule has 780 valence electrons. The number of methoxy groups -OCH3 is 1. The molecule has 0 amide bonds. The van der Waals surface area contributed by atoms with Crippen molar-refractivity contribution in [2.24, 2.45) is 0 Å². The van der Waals surface area contributed by atoms with Gasteiger partial charge in [-0.1, -0.05) is 329 Å². The molecular weight excluding hydrogens is 1880 g/mol. The lowest BCUT2D eigenvalue weighted by molar-refractivity contribution is -0.148. The topological polar surface area (TPSA) is 247 Å². The maximum Gasteiger partial charge on any atom is 0.336 e. The van der Waals surface area contributed by atoms with E-state index < -0.39 is 17.5 Å². The zero-order valence-corrected chi connectivity index (χ0v) is 86.5. The molecule has 11 rings (SSSR count). The summed E-state index contributed by atoms with van der Waals surface area (Å²) in [6, 6.07) is 98.0. The molecule has 20 heteroatoms. The van der Waals surface area contributed by atoms with Crippen molar-refractivity contribution in [3.8, 4) is 28.7 Å². The van der Waals surface area contributed by atoms with E-state index in [9.17, 15) is 38.4 Å². The number of esters is 8. The molecular formula is C130H140O20. The molecule has 1 atom stereocenters. The first-order valence-electron chi connectivity index (χ1n) is 50.1. The molecule has 1 unspecified atom stereocenters. The van der Waals surface area contributed by atoms with Crippen LogP contribution >= 0.6 is 0 Å². The first kappa shape index (κ1) is 121. The Hall–Kier alpha value is -17.3. The number of benzene rings is 11. The minimum absolute atomic E-state index is 0.248. The van der Waals surface area contributed by atoms with Crippen LogP contribution in [0.4, 0.5) is 0 Å². The molecule has 20 nitrogen and oxygen atoms in total. The van der Waals surface area contributed by atoms with E-state index in [1.807, 2.05) is 328 Å². The van der Waals surface area contributed by atoms with Crippen molar-refractivity contribution in [2.75, 3.05) is 60.0 Å². The fraction of sp³-hybridized carbons (Fsp3) is 0.215. The van der Waals surface area contributed by atoms with Gasteiger partial charge in [0, 0.05) is 66.8 Å². The molecule has 0 N–H and O–H groups in total. The maximum absolute atomic E-state index is 12.0. The van der Waals surface area contributed by atoms with Crippen LogP contribution in [0.2, 0.25) is 0 Å². The van der Waals surface area contributed by atoms with Crippen LogP contribution in [-0.4, -0.2) is 113 Å². The fourth-order valence-electron chi connectivity index (χ4n) is 13.1. The molecule has 0 saturated heterocycles. The van der Waals surface area contributed by atoms with E-state index in [2.05, 4.69) is 51.0 Å². The Labute approximate surface area is 885 Å². The molecule has 0 fully saturated rings. The van der Waals surface area contributed by atoms with Crippen molar-refractivity contribution in [1.29, 1.82) is 0 Å². The van der Waals surface area contributed by atoms with Gasteiger partial charge in [-0.3, -0.25) is 0 Å². The molecule has 0 heterocycles. The van der Waals surface area contributed by atoms with Crippen LogP contribution in [0.25, 0.3) is 54.7 Å². The largest absolute Gasteiger partial charge is 0.493 e. The number of hydrogen-bond acceptors (Lipinski definition) is 20. The van der Waals surface area contributed by atoms with Crippen LogP contribution in [0.15, 0.2) is 427 Å². The minimum atomic E-state index is -0.635. The van der Waals surface area contributed by atoms with E-state index in [0.29, 0.717) is 68.4 Å². The fourth-order valence-corrected chi connectivity index (χ4v) is 13.1. The summed E-state index contributed by atoms with van der Waals surface area (Å²) in [4.78, 5) is 93.1. The van der Waals surface area contributed by atoms with Crippen molar-refractivity contribution in [2.45, 2.75) is 123 Å². The van der Waals surface area contributed by atoms with E-state index in [1.165, 1.54) is 60.3 Å². The third-order valence-corrected chi connectivity index (χ3v) is 21.0. The van der Waals surface area contributed by atoms with E-state index in [4.69, 9.17) is 52.1 Å². The van der Waals surface area contributed by atoms with Gasteiger partial charge < -0.3 is 56.8 Å². The summed E-state index contributed by atoms with van der Waals surface area (Å²) >= 11 is 0. The summed E-state index contributed by atoms with van der Waals surface area (Å²) in [5.74, 6) is 0.0842. The van der Waals surface area contributed by atoms with Gasteiger partial charge in [0.05, 0.1) is 53.0 Å². The average Bonchev–Trinajstić information content (AvgIpc) is 0.730. The van der Waals surface area contributed by atoms with Crippen LogP contribution in [-0.2, 0) is 77.9 Å². The molecule has 0 aliphatic rings. The Morgan fingerprint density at radius 1 is 0.293 bits per heavy atom. The predicted octanol–water partition coefficient (Wildman–Crippen LogP) is 29.0. The third-order valence-electron chi connectivity index (χ3n) is 21.0. The van der Waals surface area contributed by atoms with Gasteiger partial charge in [-0.05, 0) is 246 Å². The minimum Gasteiger partial charge on any atom is -0.493 e. The Balaban J connectivity index is 0.000000310. The Morgan fingerprint density at radius 2 is 0.580 bits per heavy atom.